The van der Waals surface area contributed by atoms with Crippen molar-refractivity contribution in [1.29, 1.82) is 0 Å². The van der Waals surface area contributed by atoms with Gasteiger partial charge in [0, 0.05) is 17.3 Å². The number of benzene rings is 2. The molecule has 1 aliphatic rings. The number of ether oxygens (including phenoxy) is 1. The van der Waals surface area contributed by atoms with E-state index in [0.717, 1.165) is 24.9 Å². The number of halogens is 1. The molecule has 0 saturated carbocycles. The number of primary amides is 1. The number of likely N-dealkylation sites (tertiary alicyclic amines) is 1. The molecular formula is C22H26ClN3O3. The van der Waals surface area contributed by atoms with Crippen LogP contribution in [0, 0.1) is 0 Å². The van der Waals surface area contributed by atoms with Crippen LogP contribution in [0.5, 0.6) is 5.75 Å². The molecule has 0 spiro atoms. The first-order valence-corrected chi connectivity index (χ1v) is 10.0. The molecule has 1 atom stereocenters. The van der Waals surface area contributed by atoms with Crippen LogP contribution in [0.4, 0.5) is 5.69 Å². The third-order valence-electron chi connectivity index (χ3n) is 5.00. The van der Waals surface area contributed by atoms with Crippen LogP contribution in [-0.2, 0) is 16.1 Å². The third-order valence-corrected chi connectivity index (χ3v) is 5.25. The number of anilines is 1. The maximum absolute atomic E-state index is 12.8. The van der Waals surface area contributed by atoms with Gasteiger partial charge >= 0.3 is 0 Å². The lowest BCUT2D eigenvalue weighted by molar-refractivity contribution is -0.128. The summed E-state index contributed by atoms with van der Waals surface area (Å²) in [6.07, 6.45) is 1.75. The number of nitrogens with two attached hydrogens (primary N) is 1. The Morgan fingerprint density at radius 3 is 2.66 bits per heavy atom. The molecule has 1 saturated heterocycles. The normalized spacial score (nSPS) is 17.1. The zero-order chi connectivity index (χ0) is 21.0. The lowest BCUT2D eigenvalue weighted by Crippen LogP contribution is -2.42. The molecule has 154 valence electrons. The van der Waals surface area contributed by atoms with E-state index in [1.54, 1.807) is 38.1 Å². The molecule has 1 aliphatic heterocycles. The highest BCUT2D eigenvalue weighted by Gasteiger charge is 2.31. The molecule has 2 aromatic carbocycles. The van der Waals surface area contributed by atoms with E-state index in [9.17, 15) is 9.59 Å². The Balaban J connectivity index is 1.65. The standard InChI is InChI=1S/C22H26ClN3O3/c1-22(2,29-18-10-8-16(23)9-11-18)21(28)25-17-6-3-5-15(13-17)14-26-12-4-7-19(26)20(24)27/h3,5-6,8-11,13,19H,4,7,12,14H2,1-2H3,(H2,24,27)(H,25,28)/t19-/m0/s1. The topological polar surface area (TPSA) is 84.7 Å². The second-order valence-corrected chi connectivity index (χ2v) is 8.19. The van der Waals surface area contributed by atoms with E-state index in [-0.39, 0.29) is 17.9 Å². The predicted molar refractivity (Wildman–Crippen MR) is 114 cm³/mol. The first-order chi connectivity index (χ1) is 13.7. The van der Waals surface area contributed by atoms with E-state index in [4.69, 9.17) is 22.1 Å². The maximum Gasteiger partial charge on any atom is 0.267 e. The van der Waals surface area contributed by atoms with Crippen LogP contribution in [0.15, 0.2) is 48.5 Å². The van der Waals surface area contributed by atoms with Crippen molar-refractivity contribution < 1.29 is 14.3 Å². The van der Waals surface area contributed by atoms with Crippen LogP contribution >= 0.6 is 11.6 Å². The van der Waals surface area contributed by atoms with Crippen LogP contribution in [-0.4, -0.2) is 34.9 Å². The number of hydrogen-bond donors (Lipinski definition) is 2. The second-order valence-electron chi connectivity index (χ2n) is 7.75. The number of rotatable bonds is 7. The van der Waals surface area contributed by atoms with Crippen LogP contribution < -0.4 is 15.8 Å². The Labute approximate surface area is 176 Å². The van der Waals surface area contributed by atoms with Gasteiger partial charge in [-0.1, -0.05) is 23.7 Å². The van der Waals surface area contributed by atoms with Gasteiger partial charge in [0.1, 0.15) is 5.75 Å². The zero-order valence-electron chi connectivity index (χ0n) is 16.7. The Kier molecular flexibility index (Phi) is 6.45. The lowest BCUT2D eigenvalue weighted by Gasteiger charge is -2.26. The van der Waals surface area contributed by atoms with E-state index < -0.39 is 5.60 Å². The minimum absolute atomic E-state index is 0.222. The number of nitrogens with zero attached hydrogens (tertiary/aromatic N) is 1. The lowest BCUT2D eigenvalue weighted by atomic mass is 10.1. The summed E-state index contributed by atoms with van der Waals surface area (Å²) >= 11 is 5.89. The molecule has 0 unspecified atom stereocenters. The van der Waals surface area contributed by atoms with Crippen LogP contribution in [0.2, 0.25) is 5.02 Å². The van der Waals surface area contributed by atoms with E-state index in [1.807, 2.05) is 24.3 Å². The molecule has 3 rings (SSSR count). The van der Waals surface area contributed by atoms with Crippen molar-refractivity contribution in [1.82, 2.24) is 4.90 Å². The van der Waals surface area contributed by atoms with E-state index >= 15 is 0 Å². The highest BCUT2D eigenvalue weighted by molar-refractivity contribution is 6.30. The molecule has 0 radical (unpaired) electrons. The fraction of sp³-hybridized carbons (Fsp3) is 0.364. The Morgan fingerprint density at radius 2 is 1.97 bits per heavy atom. The van der Waals surface area contributed by atoms with Gasteiger partial charge in [-0.15, -0.1) is 0 Å². The van der Waals surface area contributed by atoms with E-state index in [1.165, 1.54) is 0 Å². The zero-order valence-corrected chi connectivity index (χ0v) is 17.4. The quantitative estimate of drug-likeness (QED) is 0.723. The van der Waals surface area contributed by atoms with Crippen molar-refractivity contribution in [2.75, 3.05) is 11.9 Å². The van der Waals surface area contributed by atoms with Gasteiger partial charge in [0.05, 0.1) is 6.04 Å². The fourth-order valence-electron chi connectivity index (χ4n) is 3.44. The summed E-state index contributed by atoms with van der Waals surface area (Å²) in [5.74, 6) is 0.0173. The molecule has 7 heteroatoms. The number of amides is 2. The Hall–Kier alpha value is -2.57. The highest BCUT2D eigenvalue weighted by atomic mass is 35.5. The predicted octanol–water partition coefficient (Wildman–Crippen LogP) is 3.59. The third kappa shape index (κ3) is 5.49. The van der Waals surface area contributed by atoms with Gasteiger partial charge in [0.2, 0.25) is 5.91 Å². The molecule has 29 heavy (non-hydrogen) atoms. The van der Waals surface area contributed by atoms with Gasteiger partial charge in [0.25, 0.3) is 5.91 Å². The summed E-state index contributed by atoms with van der Waals surface area (Å²) < 4.78 is 5.84. The Bertz CT molecular complexity index is 883. The molecule has 0 aliphatic carbocycles. The number of carbonyl (C=O) groups excluding carboxylic acids is 2. The maximum atomic E-state index is 12.8. The molecule has 1 heterocycles. The van der Waals surface area contributed by atoms with Gasteiger partial charge in [-0.2, -0.15) is 0 Å². The van der Waals surface area contributed by atoms with Crippen LogP contribution in [0.25, 0.3) is 0 Å². The van der Waals surface area contributed by atoms with Crippen LogP contribution in [0.1, 0.15) is 32.3 Å². The smallest absolute Gasteiger partial charge is 0.267 e. The van der Waals surface area contributed by atoms with Crippen molar-refractivity contribution in [3.8, 4) is 5.75 Å². The van der Waals surface area contributed by atoms with Gasteiger partial charge in [-0.05, 0) is 75.2 Å². The first kappa shape index (κ1) is 21.1. The molecular weight excluding hydrogens is 390 g/mol. The largest absolute Gasteiger partial charge is 0.478 e. The molecule has 6 nitrogen and oxygen atoms in total. The summed E-state index contributed by atoms with van der Waals surface area (Å²) in [5, 5.41) is 3.52. The number of hydrogen-bond acceptors (Lipinski definition) is 4. The SMILES string of the molecule is CC(C)(Oc1ccc(Cl)cc1)C(=O)Nc1cccc(CN2CCC[C@H]2C(N)=O)c1. The summed E-state index contributed by atoms with van der Waals surface area (Å²) in [5.41, 5.74) is 6.11. The van der Waals surface area contributed by atoms with Gasteiger partial charge in [-0.3, -0.25) is 14.5 Å². The summed E-state index contributed by atoms with van der Waals surface area (Å²) in [4.78, 5) is 26.4. The van der Waals surface area contributed by atoms with E-state index in [2.05, 4.69) is 10.2 Å². The Morgan fingerprint density at radius 1 is 1.24 bits per heavy atom. The molecule has 1 fully saturated rings. The number of nitrogens with one attached hydrogen (secondary N) is 1. The van der Waals surface area contributed by atoms with Crippen molar-refractivity contribution in [3.63, 3.8) is 0 Å². The molecule has 2 aromatic rings. The molecule has 0 aromatic heterocycles. The van der Waals surface area contributed by atoms with Gasteiger partial charge in [0.15, 0.2) is 5.60 Å². The molecule has 3 N–H and O–H groups in total. The second kappa shape index (κ2) is 8.84. The van der Waals surface area contributed by atoms with Crippen molar-refractivity contribution >= 4 is 29.1 Å². The fourth-order valence-corrected chi connectivity index (χ4v) is 3.57. The van der Waals surface area contributed by atoms with Gasteiger partial charge in [-0.25, -0.2) is 0 Å². The van der Waals surface area contributed by atoms with Crippen molar-refractivity contribution in [3.05, 3.63) is 59.1 Å². The monoisotopic (exact) mass is 415 g/mol. The summed E-state index contributed by atoms with van der Waals surface area (Å²) in [6, 6.07) is 14.3. The first-order valence-electron chi connectivity index (χ1n) is 9.63. The highest BCUT2D eigenvalue weighted by Crippen LogP contribution is 2.24. The van der Waals surface area contributed by atoms with E-state index in [0.29, 0.717) is 23.0 Å². The number of carbonyl (C=O) groups is 2. The minimum Gasteiger partial charge on any atom is -0.478 e. The average molecular weight is 416 g/mol. The van der Waals surface area contributed by atoms with Crippen molar-refractivity contribution in [2.45, 2.75) is 44.9 Å². The van der Waals surface area contributed by atoms with Crippen LogP contribution in [0.3, 0.4) is 0 Å². The average Bonchev–Trinajstić information content (AvgIpc) is 3.12. The molecule has 2 amide bonds. The van der Waals surface area contributed by atoms with Crippen molar-refractivity contribution in [2.24, 2.45) is 5.73 Å². The molecule has 0 bridgehead atoms. The minimum atomic E-state index is -1.07. The summed E-state index contributed by atoms with van der Waals surface area (Å²) in [6.45, 7) is 4.87. The van der Waals surface area contributed by atoms with Gasteiger partial charge < -0.3 is 15.8 Å². The summed E-state index contributed by atoms with van der Waals surface area (Å²) in [7, 11) is 0.